The summed E-state index contributed by atoms with van der Waals surface area (Å²) in [7, 11) is 0. The molecule has 0 spiro atoms. The fourth-order valence-corrected chi connectivity index (χ4v) is 1.42. The molecule has 1 atom stereocenters. The highest BCUT2D eigenvalue weighted by atomic mass is 15.1. The number of hydrogen-bond acceptors (Lipinski definition) is 1. The first-order chi connectivity index (χ1) is 6.47. The average molecular weight is 197 g/mol. The van der Waals surface area contributed by atoms with Gasteiger partial charge in [-0.05, 0) is 33.1 Å². The summed E-state index contributed by atoms with van der Waals surface area (Å²) in [5.74, 6) is 0.808. The lowest BCUT2D eigenvalue weighted by atomic mass is 10.1. The van der Waals surface area contributed by atoms with E-state index < -0.39 is 0 Å². The van der Waals surface area contributed by atoms with E-state index in [4.69, 9.17) is 0 Å². The Morgan fingerprint density at radius 1 is 1.29 bits per heavy atom. The third kappa shape index (κ3) is 6.20. The third-order valence-electron chi connectivity index (χ3n) is 2.80. The maximum atomic E-state index is 3.96. The Bertz CT molecular complexity index is 161. The Hall–Kier alpha value is -0.300. The molecule has 0 saturated carbocycles. The Labute approximate surface area is 90.2 Å². The van der Waals surface area contributed by atoms with E-state index in [2.05, 4.69) is 46.1 Å². The van der Waals surface area contributed by atoms with Crippen molar-refractivity contribution in [3.63, 3.8) is 0 Å². The summed E-state index contributed by atoms with van der Waals surface area (Å²) in [5, 5.41) is 0. The normalized spacial score (nSPS) is 13.6. The molecule has 0 aliphatic heterocycles. The smallest absolute Gasteiger partial charge is 0.00388 e. The molecule has 0 aromatic carbocycles. The highest BCUT2D eigenvalue weighted by Crippen LogP contribution is 2.09. The molecule has 0 aromatic heterocycles. The van der Waals surface area contributed by atoms with Crippen molar-refractivity contribution in [1.29, 1.82) is 0 Å². The van der Waals surface area contributed by atoms with Gasteiger partial charge in [0.25, 0.3) is 0 Å². The van der Waals surface area contributed by atoms with Crippen molar-refractivity contribution in [2.24, 2.45) is 5.92 Å². The van der Waals surface area contributed by atoms with Gasteiger partial charge < -0.3 is 4.90 Å². The molecule has 0 fully saturated rings. The fourth-order valence-electron chi connectivity index (χ4n) is 1.42. The lowest BCUT2D eigenvalue weighted by Crippen LogP contribution is -2.35. The predicted molar refractivity (Wildman–Crippen MR) is 65.6 cm³/mol. The van der Waals surface area contributed by atoms with Gasteiger partial charge >= 0.3 is 0 Å². The molecule has 0 bridgehead atoms. The van der Waals surface area contributed by atoms with Crippen molar-refractivity contribution in [3.8, 4) is 0 Å². The van der Waals surface area contributed by atoms with E-state index >= 15 is 0 Å². The summed E-state index contributed by atoms with van der Waals surface area (Å²) >= 11 is 0. The van der Waals surface area contributed by atoms with Crippen LogP contribution in [0.15, 0.2) is 12.2 Å². The van der Waals surface area contributed by atoms with Crippen LogP contribution in [-0.4, -0.2) is 24.0 Å². The Morgan fingerprint density at radius 2 is 1.86 bits per heavy atom. The van der Waals surface area contributed by atoms with Gasteiger partial charge in [-0.2, -0.15) is 0 Å². The van der Waals surface area contributed by atoms with Gasteiger partial charge in [-0.1, -0.05) is 25.8 Å². The summed E-state index contributed by atoms with van der Waals surface area (Å²) in [6.45, 7) is 17.6. The molecule has 0 saturated heterocycles. The first kappa shape index (κ1) is 13.7. The van der Waals surface area contributed by atoms with E-state index in [1.54, 1.807) is 0 Å². The number of rotatable bonds is 7. The highest BCUT2D eigenvalue weighted by molar-refractivity contribution is 4.89. The minimum atomic E-state index is 0.656. The minimum absolute atomic E-state index is 0.656. The van der Waals surface area contributed by atoms with Gasteiger partial charge in [0.05, 0.1) is 0 Å². The Morgan fingerprint density at radius 3 is 2.21 bits per heavy atom. The van der Waals surface area contributed by atoms with Crippen molar-refractivity contribution < 1.29 is 0 Å². The zero-order valence-corrected chi connectivity index (χ0v) is 10.6. The molecule has 1 heteroatoms. The van der Waals surface area contributed by atoms with Crippen LogP contribution in [-0.2, 0) is 0 Å². The number of hydrogen-bond donors (Lipinski definition) is 0. The quantitative estimate of drug-likeness (QED) is 0.562. The van der Waals surface area contributed by atoms with Crippen LogP contribution in [0.1, 0.15) is 47.5 Å². The summed E-state index contributed by atoms with van der Waals surface area (Å²) in [6.07, 6.45) is 2.41. The zero-order chi connectivity index (χ0) is 11.1. The van der Waals surface area contributed by atoms with Crippen LogP contribution in [0.5, 0.6) is 0 Å². The van der Waals surface area contributed by atoms with Crippen molar-refractivity contribution in [1.82, 2.24) is 4.90 Å². The standard InChI is InChI=1S/C13H27N/c1-7-13(6)10-14(12(4)5)9-8-11(2)3/h12-13H,2,7-10H2,1,3-6H3. The van der Waals surface area contributed by atoms with Crippen LogP contribution in [0.2, 0.25) is 0 Å². The second-order valence-electron chi connectivity index (χ2n) is 4.81. The summed E-state index contributed by atoms with van der Waals surface area (Å²) in [5.41, 5.74) is 1.29. The molecular formula is C13H27N. The molecule has 0 aliphatic carbocycles. The topological polar surface area (TPSA) is 3.24 Å². The molecule has 0 amide bonds. The van der Waals surface area contributed by atoms with Gasteiger partial charge in [-0.3, -0.25) is 0 Å². The summed E-state index contributed by atoms with van der Waals surface area (Å²) < 4.78 is 0. The Balaban J connectivity index is 3.95. The minimum Gasteiger partial charge on any atom is -0.300 e. The Kier molecular flexibility index (Phi) is 6.90. The van der Waals surface area contributed by atoms with Crippen molar-refractivity contribution in [2.45, 2.75) is 53.5 Å². The molecule has 84 valence electrons. The van der Waals surface area contributed by atoms with Crippen LogP contribution >= 0.6 is 0 Å². The largest absolute Gasteiger partial charge is 0.300 e. The van der Waals surface area contributed by atoms with Gasteiger partial charge in [-0.25, -0.2) is 0 Å². The molecule has 0 aliphatic rings. The van der Waals surface area contributed by atoms with E-state index in [-0.39, 0.29) is 0 Å². The molecule has 0 rings (SSSR count). The van der Waals surface area contributed by atoms with Gasteiger partial charge in [-0.15, -0.1) is 6.58 Å². The molecule has 0 heterocycles. The molecular weight excluding hydrogens is 170 g/mol. The van der Waals surface area contributed by atoms with Crippen LogP contribution in [0.3, 0.4) is 0 Å². The summed E-state index contributed by atoms with van der Waals surface area (Å²) in [4.78, 5) is 2.56. The van der Waals surface area contributed by atoms with Gasteiger partial charge in [0.15, 0.2) is 0 Å². The average Bonchev–Trinajstić information content (AvgIpc) is 2.10. The first-order valence-electron chi connectivity index (χ1n) is 5.85. The molecule has 0 aromatic rings. The van der Waals surface area contributed by atoms with E-state index in [9.17, 15) is 0 Å². The predicted octanol–water partition coefficient (Wildman–Crippen LogP) is 3.71. The lowest BCUT2D eigenvalue weighted by molar-refractivity contribution is 0.192. The SMILES string of the molecule is C=C(C)CCN(CC(C)CC)C(C)C. The van der Waals surface area contributed by atoms with Gasteiger partial charge in [0.1, 0.15) is 0 Å². The zero-order valence-electron chi connectivity index (χ0n) is 10.6. The molecule has 0 radical (unpaired) electrons. The van der Waals surface area contributed by atoms with Crippen molar-refractivity contribution in [3.05, 3.63) is 12.2 Å². The van der Waals surface area contributed by atoms with Crippen LogP contribution in [0, 0.1) is 5.92 Å². The maximum Gasteiger partial charge on any atom is 0.00388 e. The highest BCUT2D eigenvalue weighted by Gasteiger charge is 2.11. The first-order valence-corrected chi connectivity index (χ1v) is 5.85. The van der Waals surface area contributed by atoms with Gasteiger partial charge in [0.2, 0.25) is 0 Å². The van der Waals surface area contributed by atoms with E-state index in [0.29, 0.717) is 6.04 Å². The lowest BCUT2D eigenvalue weighted by Gasteiger charge is -2.29. The van der Waals surface area contributed by atoms with Crippen molar-refractivity contribution >= 4 is 0 Å². The second kappa shape index (κ2) is 7.05. The van der Waals surface area contributed by atoms with E-state index in [1.165, 1.54) is 18.5 Å². The molecule has 14 heavy (non-hydrogen) atoms. The van der Waals surface area contributed by atoms with E-state index in [1.807, 2.05) is 0 Å². The molecule has 1 unspecified atom stereocenters. The van der Waals surface area contributed by atoms with E-state index in [0.717, 1.165) is 18.9 Å². The summed E-state index contributed by atoms with van der Waals surface area (Å²) in [6, 6.07) is 0.656. The molecule has 0 N–H and O–H groups in total. The van der Waals surface area contributed by atoms with Crippen LogP contribution in [0.4, 0.5) is 0 Å². The second-order valence-corrected chi connectivity index (χ2v) is 4.81. The monoisotopic (exact) mass is 197 g/mol. The number of nitrogens with zero attached hydrogens (tertiary/aromatic N) is 1. The van der Waals surface area contributed by atoms with Crippen LogP contribution < -0.4 is 0 Å². The molecule has 1 nitrogen and oxygen atoms in total. The van der Waals surface area contributed by atoms with Crippen molar-refractivity contribution in [2.75, 3.05) is 13.1 Å². The maximum absolute atomic E-state index is 3.96. The van der Waals surface area contributed by atoms with Crippen LogP contribution in [0.25, 0.3) is 0 Å². The van der Waals surface area contributed by atoms with Gasteiger partial charge in [0, 0.05) is 19.1 Å². The third-order valence-corrected chi connectivity index (χ3v) is 2.80. The fraction of sp³-hybridized carbons (Fsp3) is 0.846.